The molecular weight excluding hydrogens is 230 g/mol. The molecule has 84 valence electrons. The van der Waals surface area contributed by atoms with Crippen LogP contribution in [0, 0.1) is 6.92 Å². The molecule has 0 amide bonds. The zero-order chi connectivity index (χ0) is 11.9. The fraction of sp³-hybridized carbons (Fsp3) is 0.222. The molecule has 2 heterocycles. The number of aromatic amines is 1. The molecule has 16 heavy (non-hydrogen) atoms. The lowest BCUT2D eigenvalue weighted by Crippen LogP contribution is -2.10. The van der Waals surface area contributed by atoms with Gasteiger partial charge in [0.25, 0.3) is 0 Å². The summed E-state index contributed by atoms with van der Waals surface area (Å²) in [5.41, 5.74) is 0.423. The fourth-order valence-corrected chi connectivity index (χ4v) is 1.89. The van der Waals surface area contributed by atoms with Gasteiger partial charge in [-0.05, 0) is 13.0 Å². The molecule has 0 fully saturated rings. The van der Waals surface area contributed by atoms with Gasteiger partial charge in [0.15, 0.2) is 0 Å². The Morgan fingerprint density at radius 1 is 1.25 bits per heavy atom. The SMILES string of the molecule is Cc1nc(S(C)(=O)=O)nc2[nH]c(=O)ccc12. The van der Waals surface area contributed by atoms with Crippen molar-refractivity contribution in [1.29, 1.82) is 0 Å². The molecule has 6 nitrogen and oxygen atoms in total. The first kappa shape index (κ1) is 10.7. The summed E-state index contributed by atoms with van der Waals surface area (Å²) in [5, 5.41) is 0.353. The van der Waals surface area contributed by atoms with Crippen molar-refractivity contribution >= 4 is 20.9 Å². The quantitative estimate of drug-likeness (QED) is 0.709. The molecule has 0 aliphatic rings. The largest absolute Gasteiger partial charge is 0.306 e. The van der Waals surface area contributed by atoms with E-state index in [2.05, 4.69) is 15.0 Å². The maximum Gasteiger partial charge on any atom is 0.249 e. The van der Waals surface area contributed by atoms with E-state index in [-0.39, 0.29) is 16.4 Å². The van der Waals surface area contributed by atoms with Crippen LogP contribution < -0.4 is 5.56 Å². The molecule has 1 N–H and O–H groups in total. The van der Waals surface area contributed by atoms with Gasteiger partial charge in [0.2, 0.25) is 20.6 Å². The van der Waals surface area contributed by atoms with E-state index in [1.54, 1.807) is 13.0 Å². The van der Waals surface area contributed by atoms with E-state index in [4.69, 9.17) is 0 Å². The minimum atomic E-state index is -3.47. The van der Waals surface area contributed by atoms with Crippen LogP contribution in [0.2, 0.25) is 0 Å². The van der Waals surface area contributed by atoms with Crippen molar-refractivity contribution in [2.75, 3.05) is 6.26 Å². The topological polar surface area (TPSA) is 92.8 Å². The van der Waals surface area contributed by atoms with E-state index in [0.29, 0.717) is 11.1 Å². The van der Waals surface area contributed by atoms with Gasteiger partial charge in [-0.1, -0.05) is 0 Å². The van der Waals surface area contributed by atoms with Crippen molar-refractivity contribution in [1.82, 2.24) is 15.0 Å². The zero-order valence-electron chi connectivity index (χ0n) is 8.68. The highest BCUT2D eigenvalue weighted by Gasteiger charge is 2.13. The van der Waals surface area contributed by atoms with Gasteiger partial charge < -0.3 is 4.98 Å². The Balaban J connectivity index is 2.91. The molecule has 2 rings (SSSR count). The molecule has 0 aliphatic heterocycles. The summed E-state index contributed by atoms with van der Waals surface area (Å²) in [4.78, 5) is 21.3. The Bertz CT molecular complexity index is 718. The molecule has 0 atom stereocenters. The summed E-state index contributed by atoms with van der Waals surface area (Å²) in [5.74, 6) is 0. The van der Waals surface area contributed by atoms with Crippen molar-refractivity contribution in [2.24, 2.45) is 0 Å². The molecule has 2 aromatic rings. The van der Waals surface area contributed by atoms with Gasteiger partial charge in [-0.25, -0.2) is 18.4 Å². The van der Waals surface area contributed by atoms with Crippen LogP contribution in [0.15, 0.2) is 22.1 Å². The van der Waals surface area contributed by atoms with Crippen molar-refractivity contribution < 1.29 is 8.42 Å². The predicted molar refractivity (Wildman–Crippen MR) is 58.0 cm³/mol. The number of hydrogen-bond acceptors (Lipinski definition) is 5. The van der Waals surface area contributed by atoms with E-state index in [0.717, 1.165) is 6.26 Å². The van der Waals surface area contributed by atoms with Crippen molar-refractivity contribution in [3.63, 3.8) is 0 Å². The lowest BCUT2D eigenvalue weighted by molar-refractivity contribution is 0.593. The molecule has 0 radical (unpaired) electrons. The lowest BCUT2D eigenvalue weighted by atomic mass is 10.2. The van der Waals surface area contributed by atoms with E-state index >= 15 is 0 Å². The van der Waals surface area contributed by atoms with Crippen LogP contribution in [-0.2, 0) is 9.84 Å². The zero-order valence-corrected chi connectivity index (χ0v) is 9.50. The molecule has 0 saturated carbocycles. The van der Waals surface area contributed by atoms with Crippen molar-refractivity contribution in [2.45, 2.75) is 12.1 Å². The molecule has 0 aliphatic carbocycles. The smallest absolute Gasteiger partial charge is 0.249 e. The van der Waals surface area contributed by atoms with Gasteiger partial charge in [-0.3, -0.25) is 4.79 Å². The standard InChI is InChI=1S/C9H9N3O3S/c1-5-6-3-4-7(13)11-8(6)12-9(10-5)16(2,14)15/h3-4H,1-2H3,(H,10,11,12,13). The normalized spacial score (nSPS) is 11.9. The first-order chi connectivity index (χ1) is 7.38. The maximum atomic E-state index is 11.3. The molecule has 2 aromatic heterocycles. The van der Waals surface area contributed by atoms with Crippen LogP contribution in [0.4, 0.5) is 0 Å². The van der Waals surface area contributed by atoms with E-state index in [1.807, 2.05) is 0 Å². The molecule has 0 aromatic carbocycles. The Hall–Kier alpha value is -1.76. The second kappa shape index (κ2) is 3.38. The summed E-state index contributed by atoms with van der Waals surface area (Å²) in [6.45, 7) is 1.66. The number of sulfone groups is 1. The summed E-state index contributed by atoms with van der Waals surface area (Å²) in [6.07, 6.45) is 1.02. The Morgan fingerprint density at radius 3 is 2.56 bits per heavy atom. The summed E-state index contributed by atoms with van der Waals surface area (Å²) in [6, 6.07) is 2.91. The highest BCUT2D eigenvalue weighted by molar-refractivity contribution is 7.90. The van der Waals surface area contributed by atoms with Crippen LogP contribution in [0.1, 0.15) is 5.69 Å². The molecule has 0 unspecified atom stereocenters. The maximum absolute atomic E-state index is 11.3. The van der Waals surface area contributed by atoms with Crippen molar-refractivity contribution in [3.8, 4) is 0 Å². The molecule has 7 heteroatoms. The number of aromatic nitrogens is 3. The first-order valence-electron chi connectivity index (χ1n) is 4.45. The van der Waals surface area contributed by atoms with E-state index < -0.39 is 9.84 Å². The van der Waals surface area contributed by atoms with Gasteiger partial charge >= 0.3 is 0 Å². The Labute approximate surface area is 91.3 Å². The third-order valence-corrected chi connectivity index (χ3v) is 2.94. The molecular formula is C9H9N3O3S. The minimum Gasteiger partial charge on any atom is -0.306 e. The molecule has 0 saturated heterocycles. The van der Waals surface area contributed by atoms with E-state index in [9.17, 15) is 13.2 Å². The monoisotopic (exact) mass is 239 g/mol. The lowest BCUT2D eigenvalue weighted by Gasteiger charge is -2.02. The summed E-state index contributed by atoms with van der Waals surface area (Å²) >= 11 is 0. The number of nitrogens with one attached hydrogen (secondary N) is 1. The number of aryl methyl sites for hydroxylation is 1. The number of fused-ring (bicyclic) bond motifs is 1. The van der Waals surface area contributed by atoms with Crippen LogP contribution in [0.25, 0.3) is 11.0 Å². The number of nitrogens with zero attached hydrogens (tertiary/aromatic N) is 2. The number of rotatable bonds is 1. The van der Waals surface area contributed by atoms with Gasteiger partial charge in [-0.15, -0.1) is 0 Å². The highest BCUT2D eigenvalue weighted by atomic mass is 32.2. The first-order valence-corrected chi connectivity index (χ1v) is 6.35. The van der Waals surface area contributed by atoms with Crippen molar-refractivity contribution in [3.05, 3.63) is 28.2 Å². The third-order valence-electron chi connectivity index (χ3n) is 2.09. The highest BCUT2D eigenvalue weighted by Crippen LogP contribution is 2.13. The van der Waals surface area contributed by atoms with Crippen LogP contribution >= 0.6 is 0 Å². The minimum absolute atomic E-state index is 0.237. The Kier molecular flexibility index (Phi) is 2.27. The van der Waals surface area contributed by atoms with E-state index in [1.165, 1.54) is 6.07 Å². The van der Waals surface area contributed by atoms with Gasteiger partial charge in [-0.2, -0.15) is 0 Å². The average molecular weight is 239 g/mol. The number of H-pyrrole nitrogens is 1. The number of pyridine rings is 1. The summed E-state index contributed by atoms with van der Waals surface area (Å²) < 4.78 is 22.6. The number of hydrogen-bond donors (Lipinski definition) is 1. The molecule has 0 spiro atoms. The second-order valence-electron chi connectivity index (χ2n) is 3.45. The third kappa shape index (κ3) is 1.81. The predicted octanol–water partition coefficient (Wildman–Crippen LogP) is 0.0300. The fourth-order valence-electron chi connectivity index (χ4n) is 1.33. The van der Waals surface area contributed by atoms with Crippen LogP contribution in [0.3, 0.4) is 0 Å². The van der Waals surface area contributed by atoms with Crippen LogP contribution in [-0.4, -0.2) is 29.6 Å². The van der Waals surface area contributed by atoms with Crippen LogP contribution in [0.5, 0.6) is 0 Å². The summed E-state index contributed by atoms with van der Waals surface area (Å²) in [7, 11) is -3.47. The van der Waals surface area contributed by atoms with Gasteiger partial charge in [0.05, 0.1) is 5.69 Å². The second-order valence-corrected chi connectivity index (χ2v) is 5.36. The van der Waals surface area contributed by atoms with Gasteiger partial charge in [0.1, 0.15) is 5.65 Å². The molecule has 0 bridgehead atoms. The average Bonchev–Trinajstić information content (AvgIpc) is 2.15. The van der Waals surface area contributed by atoms with Gasteiger partial charge in [0, 0.05) is 17.7 Å². The Morgan fingerprint density at radius 2 is 1.94 bits per heavy atom.